The third-order valence-electron chi connectivity index (χ3n) is 3.29. The number of hydrogen-bond acceptors (Lipinski definition) is 3. The van der Waals surface area contributed by atoms with Crippen molar-refractivity contribution in [3.63, 3.8) is 0 Å². The fourth-order valence-electron chi connectivity index (χ4n) is 1.93. The van der Waals surface area contributed by atoms with Crippen molar-refractivity contribution >= 4 is 33.2 Å². The van der Waals surface area contributed by atoms with Crippen molar-refractivity contribution in [1.82, 2.24) is 4.90 Å². The van der Waals surface area contributed by atoms with Gasteiger partial charge in [0.2, 0.25) is 0 Å². The Morgan fingerprint density at radius 3 is 2.52 bits per heavy atom. The summed E-state index contributed by atoms with van der Waals surface area (Å²) < 4.78 is 27.3. The van der Waals surface area contributed by atoms with Gasteiger partial charge in [-0.25, -0.2) is 8.42 Å². The van der Waals surface area contributed by atoms with Crippen LogP contribution in [-0.4, -0.2) is 32.8 Å². The van der Waals surface area contributed by atoms with E-state index in [1.807, 2.05) is 6.92 Å². The van der Waals surface area contributed by atoms with Gasteiger partial charge in [0.1, 0.15) is 0 Å². The third kappa shape index (κ3) is 4.24. The molecule has 0 unspecified atom stereocenters. The first-order valence-electron chi connectivity index (χ1n) is 6.97. The molecule has 0 saturated carbocycles. The maximum absolute atomic E-state index is 12.4. The van der Waals surface area contributed by atoms with Crippen molar-refractivity contribution in [1.29, 1.82) is 0 Å². The smallest absolute Gasteiger partial charge is 0.261 e. The van der Waals surface area contributed by atoms with Crippen LogP contribution in [0.3, 0.4) is 0 Å². The molecular formula is C16H17ClN2O3S. The number of sulfonamides is 1. The van der Waals surface area contributed by atoms with Crippen molar-refractivity contribution in [2.45, 2.75) is 11.8 Å². The second-order valence-electron chi connectivity index (χ2n) is 4.96. The molecule has 5 nitrogen and oxygen atoms in total. The van der Waals surface area contributed by atoms with Crippen molar-refractivity contribution < 1.29 is 13.2 Å². The number of carbonyl (C=O) groups excluding carboxylic acids is 1. The molecule has 7 heteroatoms. The molecule has 1 N–H and O–H groups in total. The number of amides is 1. The summed E-state index contributed by atoms with van der Waals surface area (Å²) in [5, 5.41) is 0.429. The SMILES string of the molecule is CCN(C)C(=O)c1cccc(S(=O)(=O)Nc2cccc(Cl)c2)c1. The van der Waals surface area contributed by atoms with E-state index in [-0.39, 0.29) is 10.8 Å². The maximum atomic E-state index is 12.4. The lowest BCUT2D eigenvalue weighted by molar-refractivity contribution is 0.0802. The van der Waals surface area contributed by atoms with Gasteiger partial charge in [0, 0.05) is 24.2 Å². The van der Waals surface area contributed by atoms with Gasteiger partial charge < -0.3 is 4.90 Å². The molecule has 0 bridgehead atoms. The average Bonchev–Trinajstić information content (AvgIpc) is 2.53. The van der Waals surface area contributed by atoms with E-state index in [9.17, 15) is 13.2 Å². The van der Waals surface area contributed by atoms with Gasteiger partial charge in [0.15, 0.2) is 0 Å². The van der Waals surface area contributed by atoms with E-state index in [2.05, 4.69) is 4.72 Å². The molecule has 0 atom stereocenters. The molecule has 122 valence electrons. The highest BCUT2D eigenvalue weighted by atomic mass is 35.5. The lowest BCUT2D eigenvalue weighted by atomic mass is 10.2. The molecule has 0 radical (unpaired) electrons. The first kappa shape index (κ1) is 17.3. The van der Waals surface area contributed by atoms with Gasteiger partial charge in [-0.1, -0.05) is 23.7 Å². The molecule has 0 aliphatic rings. The largest absolute Gasteiger partial charge is 0.342 e. The van der Waals surface area contributed by atoms with Crippen molar-refractivity contribution in [2.24, 2.45) is 0 Å². The van der Waals surface area contributed by atoms with E-state index in [0.717, 1.165) is 0 Å². The Bertz CT molecular complexity index is 822. The second-order valence-corrected chi connectivity index (χ2v) is 7.08. The minimum Gasteiger partial charge on any atom is -0.342 e. The Morgan fingerprint density at radius 2 is 1.87 bits per heavy atom. The minimum atomic E-state index is -3.80. The average molecular weight is 353 g/mol. The molecule has 0 spiro atoms. The summed E-state index contributed by atoms with van der Waals surface area (Å²) in [4.78, 5) is 13.7. The number of anilines is 1. The summed E-state index contributed by atoms with van der Waals surface area (Å²) in [7, 11) is -2.14. The lowest BCUT2D eigenvalue weighted by Crippen LogP contribution is -2.26. The summed E-state index contributed by atoms with van der Waals surface area (Å²) in [5.41, 5.74) is 0.684. The highest BCUT2D eigenvalue weighted by Gasteiger charge is 2.17. The number of nitrogens with one attached hydrogen (secondary N) is 1. The van der Waals surface area contributed by atoms with Crippen LogP contribution >= 0.6 is 11.6 Å². The first-order chi connectivity index (χ1) is 10.8. The van der Waals surface area contributed by atoms with Crippen molar-refractivity contribution in [2.75, 3.05) is 18.3 Å². The normalized spacial score (nSPS) is 11.1. The van der Waals surface area contributed by atoms with Crippen LogP contribution < -0.4 is 4.72 Å². The molecule has 2 rings (SSSR count). The summed E-state index contributed by atoms with van der Waals surface area (Å²) >= 11 is 5.85. The van der Waals surface area contributed by atoms with Crippen LogP contribution in [0.4, 0.5) is 5.69 Å². The molecular weight excluding hydrogens is 336 g/mol. The van der Waals surface area contributed by atoms with Gasteiger partial charge in [-0.15, -0.1) is 0 Å². The second kappa shape index (κ2) is 7.02. The van der Waals surface area contributed by atoms with E-state index in [1.165, 1.54) is 23.1 Å². The quantitative estimate of drug-likeness (QED) is 0.898. The third-order valence-corrected chi connectivity index (χ3v) is 4.90. The van der Waals surface area contributed by atoms with Gasteiger partial charge >= 0.3 is 0 Å². The molecule has 0 aliphatic carbocycles. The Morgan fingerprint density at radius 1 is 1.17 bits per heavy atom. The standard InChI is InChI=1S/C16H17ClN2O3S/c1-3-19(2)16(20)12-6-4-9-15(10-12)23(21,22)18-14-8-5-7-13(17)11-14/h4-11,18H,3H2,1-2H3. The van der Waals surface area contributed by atoms with E-state index >= 15 is 0 Å². The molecule has 2 aromatic rings. The molecule has 0 aliphatic heterocycles. The maximum Gasteiger partial charge on any atom is 0.261 e. The number of benzene rings is 2. The number of nitrogens with zero attached hydrogens (tertiary/aromatic N) is 1. The molecule has 0 saturated heterocycles. The van der Waals surface area contributed by atoms with Crippen LogP contribution in [0.5, 0.6) is 0 Å². The zero-order valence-electron chi connectivity index (χ0n) is 12.8. The Labute approximate surface area is 140 Å². The van der Waals surface area contributed by atoms with Crippen LogP contribution in [0.25, 0.3) is 0 Å². The zero-order valence-corrected chi connectivity index (χ0v) is 14.4. The van der Waals surface area contributed by atoms with Crippen LogP contribution in [-0.2, 0) is 10.0 Å². The van der Waals surface area contributed by atoms with Gasteiger partial charge in [0.05, 0.1) is 10.6 Å². The van der Waals surface area contributed by atoms with Gasteiger partial charge in [0.25, 0.3) is 15.9 Å². The Hall–Kier alpha value is -2.05. The highest BCUT2D eigenvalue weighted by molar-refractivity contribution is 7.92. The number of carbonyl (C=O) groups is 1. The molecule has 0 heterocycles. The van der Waals surface area contributed by atoms with Gasteiger partial charge in [-0.2, -0.15) is 0 Å². The van der Waals surface area contributed by atoms with Gasteiger partial charge in [-0.3, -0.25) is 9.52 Å². The van der Waals surface area contributed by atoms with Crippen LogP contribution in [0.15, 0.2) is 53.4 Å². The molecule has 0 fully saturated rings. The van der Waals surface area contributed by atoms with Crippen LogP contribution in [0.2, 0.25) is 5.02 Å². The number of halogens is 1. The summed E-state index contributed by atoms with van der Waals surface area (Å²) in [6, 6.07) is 12.4. The van der Waals surface area contributed by atoms with E-state index < -0.39 is 10.0 Å². The predicted molar refractivity (Wildman–Crippen MR) is 91.3 cm³/mol. The van der Waals surface area contributed by atoms with Crippen molar-refractivity contribution in [3.05, 3.63) is 59.1 Å². The topological polar surface area (TPSA) is 66.5 Å². The van der Waals surface area contributed by atoms with E-state index in [1.54, 1.807) is 37.4 Å². The Kier molecular flexibility index (Phi) is 5.28. The summed E-state index contributed by atoms with van der Waals surface area (Å²) in [6.45, 7) is 2.38. The number of rotatable bonds is 5. The van der Waals surface area contributed by atoms with Gasteiger partial charge in [-0.05, 0) is 43.3 Å². The molecule has 2 aromatic carbocycles. The zero-order chi connectivity index (χ0) is 17.0. The molecule has 0 aromatic heterocycles. The fourth-order valence-corrected chi connectivity index (χ4v) is 3.21. The summed E-state index contributed by atoms with van der Waals surface area (Å²) in [5.74, 6) is -0.229. The molecule has 1 amide bonds. The monoisotopic (exact) mass is 352 g/mol. The number of hydrogen-bond donors (Lipinski definition) is 1. The van der Waals surface area contributed by atoms with Crippen LogP contribution in [0.1, 0.15) is 17.3 Å². The fraction of sp³-hybridized carbons (Fsp3) is 0.188. The Balaban J connectivity index is 2.32. The first-order valence-corrected chi connectivity index (χ1v) is 8.83. The molecule has 23 heavy (non-hydrogen) atoms. The van der Waals surface area contributed by atoms with E-state index in [4.69, 9.17) is 11.6 Å². The predicted octanol–water partition coefficient (Wildman–Crippen LogP) is 3.23. The lowest BCUT2D eigenvalue weighted by Gasteiger charge is -2.15. The summed E-state index contributed by atoms with van der Waals surface area (Å²) in [6.07, 6.45) is 0. The van der Waals surface area contributed by atoms with Crippen LogP contribution in [0, 0.1) is 0 Å². The van der Waals surface area contributed by atoms with Crippen molar-refractivity contribution in [3.8, 4) is 0 Å². The highest BCUT2D eigenvalue weighted by Crippen LogP contribution is 2.20. The minimum absolute atomic E-state index is 0.0211. The van der Waals surface area contributed by atoms with E-state index in [0.29, 0.717) is 22.8 Å².